The fourth-order valence-electron chi connectivity index (χ4n) is 8.31. The number of carbonyl (C=O) groups is 3. The average molecular weight is 796 g/mol. The molecule has 13 heteroatoms. The molecule has 2 aliphatic heterocycles. The number of hydrogen-bond donors (Lipinski definition) is 3. The first-order valence-electron chi connectivity index (χ1n) is 19.7. The van der Waals surface area contributed by atoms with Crippen LogP contribution in [0.4, 0.5) is 9.59 Å². The van der Waals surface area contributed by atoms with Crippen molar-refractivity contribution in [1.82, 2.24) is 35.1 Å². The van der Waals surface area contributed by atoms with Crippen LogP contribution in [-0.4, -0.2) is 73.6 Å². The van der Waals surface area contributed by atoms with Crippen molar-refractivity contribution in [2.75, 3.05) is 20.2 Å². The Morgan fingerprint density at radius 1 is 0.845 bits per heavy atom. The molecule has 0 unspecified atom stereocenters. The summed E-state index contributed by atoms with van der Waals surface area (Å²) in [6, 6.07) is 27.3. The number of rotatable bonds is 7. The Hall–Kier alpha value is -6.21. The number of aromatic amines is 2. The highest BCUT2D eigenvalue weighted by atomic mass is 32.1. The van der Waals surface area contributed by atoms with Crippen LogP contribution in [0.3, 0.4) is 0 Å². The first-order chi connectivity index (χ1) is 28.0. The summed E-state index contributed by atoms with van der Waals surface area (Å²) in [4.78, 5) is 60.8. The van der Waals surface area contributed by atoms with Gasteiger partial charge in [-0.3, -0.25) is 9.69 Å². The number of thiophene rings is 1. The normalized spacial score (nSPS) is 17.7. The number of ether oxygens (including phenoxy) is 2. The Bertz CT molecular complexity index is 2680. The van der Waals surface area contributed by atoms with Crippen molar-refractivity contribution >= 4 is 61.3 Å². The highest BCUT2D eigenvalue weighted by molar-refractivity contribution is 7.22. The molecule has 5 heterocycles. The molecule has 0 spiro atoms. The number of amides is 3. The van der Waals surface area contributed by atoms with Gasteiger partial charge in [0.2, 0.25) is 0 Å². The molecule has 3 aromatic heterocycles. The second kappa shape index (κ2) is 14.9. The molecule has 296 valence electrons. The summed E-state index contributed by atoms with van der Waals surface area (Å²) in [6.45, 7) is 6.87. The lowest BCUT2D eigenvalue weighted by atomic mass is 10.0. The highest BCUT2D eigenvalue weighted by Crippen LogP contribution is 2.40. The second-order valence-corrected chi connectivity index (χ2v) is 17.1. The number of methoxy groups -OCH3 is 1. The summed E-state index contributed by atoms with van der Waals surface area (Å²) in [5, 5.41) is 6.00. The fraction of sp³-hybridized carbons (Fsp3) is 0.311. The van der Waals surface area contributed by atoms with E-state index < -0.39 is 17.7 Å². The number of alkyl carbamates (subject to hydrolysis) is 1. The largest absolute Gasteiger partial charge is 0.453 e. The summed E-state index contributed by atoms with van der Waals surface area (Å²) in [5.74, 6) is 1.31. The van der Waals surface area contributed by atoms with Gasteiger partial charge in [-0.1, -0.05) is 60.7 Å². The second-order valence-electron chi connectivity index (χ2n) is 16.1. The smallest absolute Gasteiger partial charge is 0.410 e. The van der Waals surface area contributed by atoms with Crippen molar-refractivity contribution in [2.45, 2.75) is 70.2 Å². The molecule has 2 fully saturated rings. The van der Waals surface area contributed by atoms with Crippen molar-refractivity contribution in [3.8, 4) is 21.7 Å². The van der Waals surface area contributed by atoms with Crippen molar-refractivity contribution in [2.24, 2.45) is 0 Å². The Morgan fingerprint density at radius 2 is 1.59 bits per heavy atom. The third-order valence-electron chi connectivity index (χ3n) is 11.1. The van der Waals surface area contributed by atoms with E-state index in [0.29, 0.717) is 18.7 Å². The highest BCUT2D eigenvalue weighted by Gasteiger charge is 2.38. The van der Waals surface area contributed by atoms with Crippen LogP contribution >= 0.6 is 11.3 Å². The van der Waals surface area contributed by atoms with Crippen LogP contribution < -0.4 is 5.32 Å². The fourth-order valence-corrected chi connectivity index (χ4v) is 9.40. The van der Waals surface area contributed by atoms with E-state index in [4.69, 9.17) is 19.4 Å². The zero-order valence-corrected chi connectivity index (χ0v) is 33.7. The molecular weight excluding hydrogens is 751 g/mol. The minimum Gasteiger partial charge on any atom is -0.453 e. The van der Waals surface area contributed by atoms with E-state index in [1.807, 2.05) is 62.2 Å². The molecule has 3 N–H and O–H groups in total. The lowest BCUT2D eigenvalue weighted by Crippen LogP contribution is -2.42. The molecule has 0 bridgehead atoms. The molecule has 3 atom stereocenters. The summed E-state index contributed by atoms with van der Waals surface area (Å²) in [7, 11) is 1.29. The van der Waals surface area contributed by atoms with Gasteiger partial charge in [0.15, 0.2) is 0 Å². The molecule has 2 aliphatic rings. The summed E-state index contributed by atoms with van der Waals surface area (Å²) in [6.07, 6.45) is 4.22. The summed E-state index contributed by atoms with van der Waals surface area (Å²) >= 11 is 1.75. The van der Waals surface area contributed by atoms with Crippen LogP contribution in [0.2, 0.25) is 0 Å². The number of hydrogen-bond acceptors (Lipinski definition) is 8. The predicted molar refractivity (Wildman–Crippen MR) is 225 cm³/mol. The van der Waals surface area contributed by atoms with Gasteiger partial charge < -0.3 is 29.7 Å². The van der Waals surface area contributed by atoms with E-state index in [1.165, 1.54) is 11.8 Å². The SMILES string of the molecule is COC(=O)N[C@@H](C(=O)N1CCC[C@H]1c1nc2c(ccc3cc(-c4cc5ccc(-c6cnc([C@@H]7CCCN7C(=O)OC(C)(C)C)[nH]6)cc5s4)ccc32)[nH]1)c1ccccc1. The molecule has 0 aliphatic carbocycles. The molecule has 12 nitrogen and oxygen atoms in total. The first kappa shape index (κ1) is 37.4. The molecule has 7 aromatic rings. The zero-order chi connectivity index (χ0) is 40.1. The Kier molecular flexibility index (Phi) is 9.63. The number of fused-ring (bicyclic) bond motifs is 4. The third-order valence-corrected chi connectivity index (χ3v) is 12.2. The van der Waals surface area contributed by atoms with Gasteiger partial charge in [-0.05, 0) is 92.6 Å². The average Bonchev–Trinajstić information content (AvgIpc) is 4.07. The van der Waals surface area contributed by atoms with E-state index in [-0.39, 0.29) is 24.1 Å². The Labute approximate surface area is 339 Å². The third kappa shape index (κ3) is 7.15. The maximum Gasteiger partial charge on any atom is 0.410 e. The van der Waals surface area contributed by atoms with E-state index in [1.54, 1.807) is 16.2 Å². The van der Waals surface area contributed by atoms with Crippen LogP contribution in [0, 0.1) is 0 Å². The van der Waals surface area contributed by atoms with Crippen LogP contribution in [0.15, 0.2) is 91.1 Å². The summed E-state index contributed by atoms with van der Waals surface area (Å²) in [5.41, 5.74) is 4.97. The molecule has 9 rings (SSSR count). The van der Waals surface area contributed by atoms with Gasteiger partial charge in [0.25, 0.3) is 5.91 Å². The lowest BCUT2D eigenvalue weighted by molar-refractivity contribution is -0.134. The van der Waals surface area contributed by atoms with Gasteiger partial charge >= 0.3 is 12.2 Å². The number of H-pyrrole nitrogens is 2. The van der Waals surface area contributed by atoms with Crippen LogP contribution in [-0.2, 0) is 14.3 Å². The monoisotopic (exact) mass is 795 g/mol. The number of benzene rings is 4. The minimum absolute atomic E-state index is 0.140. The molecular formula is C45H45N7O5S. The predicted octanol–water partition coefficient (Wildman–Crippen LogP) is 9.82. The first-order valence-corrected chi connectivity index (χ1v) is 20.6. The molecule has 0 saturated carbocycles. The van der Waals surface area contributed by atoms with Crippen molar-refractivity contribution in [1.29, 1.82) is 0 Å². The molecule has 2 saturated heterocycles. The van der Waals surface area contributed by atoms with Crippen molar-refractivity contribution in [3.05, 3.63) is 108 Å². The van der Waals surface area contributed by atoms with E-state index in [0.717, 1.165) is 86.2 Å². The number of imidazole rings is 2. The lowest BCUT2D eigenvalue weighted by Gasteiger charge is -2.28. The van der Waals surface area contributed by atoms with Gasteiger partial charge in [0, 0.05) is 33.6 Å². The zero-order valence-electron chi connectivity index (χ0n) is 32.9. The van der Waals surface area contributed by atoms with Crippen molar-refractivity contribution < 1.29 is 23.9 Å². The number of carbonyl (C=O) groups excluding carboxylic acids is 3. The molecule has 4 aromatic carbocycles. The standard InChI is InChI=1S/C45H45N7O5S/c1-45(2,3)57-44(55)52-21-9-12-34(52)40-46-25-33(48-40)28-14-15-30-24-37(58-36(30)23-28)29-16-18-31-27(22-29)17-19-32-39(31)49-41(47-32)35-13-8-20-51(35)42(53)38(50-43(54)56-4)26-10-6-5-7-11-26/h5-7,10-11,14-19,22-25,34-35,38H,8-9,12-13,20-21H2,1-4H3,(H,46,48)(H,47,49)(H,50,54)/t34-,35-,38+/m0/s1. The van der Waals surface area contributed by atoms with Gasteiger partial charge in [-0.25, -0.2) is 19.6 Å². The Balaban J connectivity index is 0.952. The van der Waals surface area contributed by atoms with E-state index >= 15 is 0 Å². The maximum atomic E-state index is 14.0. The Morgan fingerprint density at radius 3 is 2.36 bits per heavy atom. The minimum atomic E-state index is -0.878. The number of nitrogens with one attached hydrogen (secondary N) is 3. The van der Waals surface area contributed by atoms with Crippen LogP contribution in [0.1, 0.15) is 81.8 Å². The van der Waals surface area contributed by atoms with Gasteiger partial charge in [0.1, 0.15) is 23.3 Å². The van der Waals surface area contributed by atoms with E-state index in [2.05, 4.69) is 69.9 Å². The van der Waals surface area contributed by atoms with Gasteiger partial charge in [0.05, 0.1) is 42.1 Å². The quantitative estimate of drug-likeness (QED) is 0.146. The number of likely N-dealkylation sites (tertiary alicyclic amines) is 2. The molecule has 58 heavy (non-hydrogen) atoms. The van der Waals surface area contributed by atoms with Crippen LogP contribution in [0.5, 0.6) is 0 Å². The number of nitrogens with zero attached hydrogens (tertiary/aromatic N) is 4. The number of aromatic nitrogens is 4. The van der Waals surface area contributed by atoms with E-state index in [9.17, 15) is 14.4 Å². The van der Waals surface area contributed by atoms with Gasteiger partial charge in [-0.2, -0.15) is 0 Å². The topological polar surface area (TPSA) is 146 Å². The molecule has 0 radical (unpaired) electrons. The maximum absolute atomic E-state index is 14.0. The van der Waals surface area contributed by atoms with Crippen LogP contribution in [0.25, 0.3) is 53.6 Å². The van der Waals surface area contributed by atoms with Gasteiger partial charge in [-0.15, -0.1) is 11.3 Å². The molecule has 3 amide bonds. The summed E-state index contributed by atoms with van der Waals surface area (Å²) < 4.78 is 11.7. The van der Waals surface area contributed by atoms with Crippen molar-refractivity contribution in [3.63, 3.8) is 0 Å².